The maximum Gasteiger partial charge on any atom is 0.273 e. The molecule has 0 atom stereocenters. The number of hydrogen-bond donors (Lipinski definition) is 1. The van der Waals surface area contributed by atoms with Gasteiger partial charge in [-0.1, -0.05) is 29.8 Å². The molecule has 0 aliphatic rings. The largest absolute Gasteiger partial charge is 0.398 e. The van der Waals surface area contributed by atoms with E-state index in [1.807, 2.05) is 40.7 Å². The Morgan fingerprint density at radius 1 is 0.931 bits per heavy atom. The molecule has 0 amide bonds. The first-order chi connectivity index (χ1) is 13.4. The molecular formula is C21H31Br2FN2O2Zn. The minimum absolute atomic E-state index is 0. The van der Waals surface area contributed by atoms with Gasteiger partial charge in [-0.2, -0.15) is 0 Å². The SMILES string of the molecule is CC.Cc1cc(N)c(C)c(Br)c1C.Cc1cc([N+](=O)[O-])c(C)c(Br)c1C.[2H]CF.[Zn]. The number of anilines is 1. The first kappa shape index (κ1) is 30.3. The summed E-state index contributed by atoms with van der Waals surface area (Å²) in [6, 6.07) is 3.62. The Kier molecular flexibility index (Phi) is 16.7. The van der Waals surface area contributed by atoms with Crippen molar-refractivity contribution in [3.63, 3.8) is 0 Å². The number of hydrogen-bond acceptors (Lipinski definition) is 3. The van der Waals surface area contributed by atoms with Gasteiger partial charge in [-0.25, -0.2) is 0 Å². The topological polar surface area (TPSA) is 69.2 Å². The van der Waals surface area contributed by atoms with Crippen molar-refractivity contribution in [2.45, 2.75) is 55.4 Å². The van der Waals surface area contributed by atoms with Crippen molar-refractivity contribution in [1.82, 2.24) is 0 Å². The Hall–Kier alpha value is -0.847. The number of nitrogens with two attached hydrogens (primary N) is 1. The first-order valence-corrected chi connectivity index (χ1v) is 10.3. The van der Waals surface area contributed by atoms with Gasteiger partial charge < -0.3 is 5.73 Å². The van der Waals surface area contributed by atoms with E-state index in [4.69, 9.17) is 7.10 Å². The van der Waals surface area contributed by atoms with Crippen LogP contribution in [0.2, 0.25) is 0 Å². The van der Waals surface area contributed by atoms with E-state index in [0.717, 1.165) is 31.3 Å². The van der Waals surface area contributed by atoms with Crippen LogP contribution in [0.3, 0.4) is 0 Å². The smallest absolute Gasteiger partial charge is 0.273 e. The molecule has 0 unspecified atom stereocenters. The molecule has 8 heteroatoms. The molecule has 2 aromatic rings. The molecule has 4 nitrogen and oxygen atoms in total. The minimum atomic E-state index is -1.00. The van der Waals surface area contributed by atoms with Crippen molar-refractivity contribution in [2.24, 2.45) is 0 Å². The van der Waals surface area contributed by atoms with Crippen molar-refractivity contribution >= 4 is 43.2 Å². The summed E-state index contributed by atoms with van der Waals surface area (Å²) in [5, 5.41) is 10.6. The third-order valence-corrected chi connectivity index (χ3v) is 6.62. The zero-order valence-corrected chi connectivity index (χ0v) is 24.7. The number of nitrogen functional groups attached to an aromatic ring is 1. The normalized spacial score (nSPS) is 9.28. The number of benzene rings is 2. The number of nitro groups is 1. The van der Waals surface area contributed by atoms with Gasteiger partial charge in [0.1, 0.15) is 0 Å². The van der Waals surface area contributed by atoms with Crippen LogP contribution in [0.25, 0.3) is 0 Å². The van der Waals surface area contributed by atoms with Gasteiger partial charge >= 0.3 is 0 Å². The summed E-state index contributed by atoms with van der Waals surface area (Å²) in [5.41, 5.74) is 13.1. The quantitative estimate of drug-likeness (QED) is 0.160. The second-order valence-corrected chi connectivity index (χ2v) is 7.47. The maximum atomic E-state index is 10.6. The van der Waals surface area contributed by atoms with Gasteiger partial charge in [0, 0.05) is 45.7 Å². The van der Waals surface area contributed by atoms with Crippen LogP contribution in [-0.4, -0.2) is 12.1 Å². The monoisotopic (exact) mass is 585 g/mol. The van der Waals surface area contributed by atoms with Crippen LogP contribution in [0.4, 0.5) is 15.8 Å². The van der Waals surface area contributed by atoms with Crippen LogP contribution >= 0.6 is 31.9 Å². The number of rotatable bonds is 1. The molecule has 29 heavy (non-hydrogen) atoms. The van der Waals surface area contributed by atoms with Crippen LogP contribution in [0.5, 0.6) is 0 Å². The molecule has 0 radical (unpaired) electrons. The van der Waals surface area contributed by atoms with Gasteiger partial charge in [0.25, 0.3) is 5.69 Å². The third-order valence-electron chi connectivity index (χ3n) is 4.24. The van der Waals surface area contributed by atoms with E-state index in [0.29, 0.717) is 5.56 Å². The molecule has 0 bridgehead atoms. The van der Waals surface area contributed by atoms with Gasteiger partial charge in [0.2, 0.25) is 0 Å². The molecule has 2 rings (SSSR count). The van der Waals surface area contributed by atoms with E-state index in [-0.39, 0.29) is 30.1 Å². The average molecular weight is 589 g/mol. The van der Waals surface area contributed by atoms with E-state index in [1.54, 1.807) is 13.0 Å². The van der Waals surface area contributed by atoms with Gasteiger partial charge in [0.05, 0.1) is 13.4 Å². The fourth-order valence-electron chi connectivity index (χ4n) is 2.21. The van der Waals surface area contributed by atoms with Gasteiger partial charge in [-0.05, 0) is 91.4 Å². The van der Waals surface area contributed by atoms with E-state index < -0.39 is 7.15 Å². The predicted octanol–water partition coefficient (Wildman–Crippen LogP) is 7.85. The Bertz CT molecular complexity index is 811. The second-order valence-electron chi connectivity index (χ2n) is 5.88. The molecule has 0 aromatic heterocycles. The molecule has 0 spiro atoms. The fraction of sp³-hybridized carbons (Fsp3) is 0.429. The molecular weight excluding hydrogens is 556 g/mol. The zero-order chi connectivity index (χ0) is 23.5. The fourth-order valence-corrected chi connectivity index (χ4v) is 3.27. The number of aryl methyl sites for hydroxylation is 2. The summed E-state index contributed by atoms with van der Waals surface area (Å²) in [6.07, 6.45) is 0. The Morgan fingerprint density at radius 2 is 1.28 bits per heavy atom. The summed E-state index contributed by atoms with van der Waals surface area (Å²) >= 11 is 6.85. The van der Waals surface area contributed by atoms with Crippen molar-refractivity contribution in [3.05, 3.63) is 64.6 Å². The standard InChI is InChI=1S/C9H10BrNO2.C9H12BrN.C2H6.CH3F.Zn/c1-5-4-8(11(12)13)7(3)9(10)6(5)2;1-5-4-8(11)7(3)9(10)6(5)2;2*1-2;/h4H,1-3H3;4H,11H2,1-3H3;1-2H3;1H3;/i;;;1D;. The van der Waals surface area contributed by atoms with Gasteiger partial charge in [-0.15, -0.1) is 0 Å². The molecule has 0 aliphatic carbocycles. The number of halogens is 3. The minimum Gasteiger partial charge on any atom is -0.398 e. The molecule has 0 fully saturated rings. The van der Waals surface area contributed by atoms with Crippen LogP contribution in [0.15, 0.2) is 21.1 Å². The summed E-state index contributed by atoms with van der Waals surface area (Å²) in [7, 11) is -1.00. The number of nitrogens with zero attached hydrogens (tertiary/aromatic N) is 1. The Morgan fingerprint density at radius 3 is 1.66 bits per heavy atom. The second kappa shape index (κ2) is 15.9. The zero-order valence-electron chi connectivity index (χ0n) is 19.5. The van der Waals surface area contributed by atoms with E-state index in [2.05, 4.69) is 45.7 Å². The summed E-state index contributed by atoms with van der Waals surface area (Å²) in [5.74, 6) is 0. The molecule has 2 N–H and O–H groups in total. The van der Waals surface area contributed by atoms with Crippen molar-refractivity contribution in [3.8, 4) is 0 Å². The van der Waals surface area contributed by atoms with Crippen LogP contribution in [-0.2, 0) is 19.5 Å². The summed E-state index contributed by atoms with van der Waals surface area (Å²) < 4.78 is 17.5. The van der Waals surface area contributed by atoms with E-state index in [1.165, 1.54) is 11.1 Å². The van der Waals surface area contributed by atoms with Crippen molar-refractivity contribution in [1.29, 1.82) is 0 Å². The summed E-state index contributed by atoms with van der Waals surface area (Å²) in [4.78, 5) is 10.3. The van der Waals surface area contributed by atoms with E-state index >= 15 is 0 Å². The van der Waals surface area contributed by atoms with Crippen molar-refractivity contribution in [2.75, 3.05) is 12.9 Å². The van der Waals surface area contributed by atoms with Crippen molar-refractivity contribution < 1.29 is 30.2 Å². The van der Waals surface area contributed by atoms with Crippen LogP contribution in [0, 0.1) is 51.7 Å². The molecule has 160 valence electrons. The number of nitro benzene ring substituents is 1. The Labute approximate surface area is 205 Å². The Balaban J connectivity index is -0.000000392. The van der Waals surface area contributed by atoms with Gasteiger partial charge in [0.15, 0.2) is 0 Å². The third kappa shape index (κ3) is 9.23. The van der Waals surface area contributed by atoms with Crippen LogP contribution in [0.1, 0.15) is 48.6 Å². The van der Waals surface area contributed by atoms with Gasteiger partial charge in [-0.3, -0.25) is 14.5 Å². The van der Waals surface area contributed by atoms with Crippen LogP contribution < -0.4 is 5.73 Å². The summed E-state index contributed by atoms with van der Waals surface area (Å²) in [6.45, 7) is 15.7. The molecule has 0 saturated carbocycles. The molecule has 0 heterocycles. The van der Waals surface area contributed by atoms with E-state index in [9.17, 15) is 14.5 Å². The molecule has 0 saturated heterocycles. The predicted molar refractivity (Wildman–Crippen MR) is 126 cm³/mol. The molecule has 0 aliphatic heterocycles. The maximum absolute atomic E-state index is 10.6. The average Bonchev–Trinajstić information content (AvgIpc) is 2.68. The first-order valence-electron chi connectivity index (χ1n) is 9.38. The molecule has 2 aromatic carbocycles. The number of alkyl halides is 1.